The van der Waals surface area contributed by atoms with Crippen LogP contribution in [0.3, 0.4) is 0 Å². The van der Waals surface area contributed by atoms with Gasteiger partial charge in [-0.3, -0.25) is 4.79 Å². The highest BCUT2D eigenvalue weighted by atomic mass is 16.6. The summed E-state index contributed by atoms with van der Waals surface area (Å²) >= 11 is 0. The number of para-hydroxylation sites is 2. The fourth-order valence-corrected chi connectivity index (χ4v) is 3.99. The van der Waals surface area contributed by atoms with Crippen LogP contribution in [0.1, 0.15) is 16.1 Å². The van der Waals surface area contributed by atoms with Crippen molar-refractivity contribution in [2.45, 2.75) is 0 Å². The minimum Gasteiger partial charge on any atom is -0.486 e. The van der Waals surface area contributed by atoms with Gasteiger partial charge in [0.25, 0.3) is 0 Å². The Balaban J connectivity index is 1.39. The maximum Gasteiger partial charge on any atom is 0.221 e. The lowest BCUT2D eigenvalue weighted by atomic mass is 10.1. The SMILES string of the molecule is O=C(C=Cc1cn(-c2ccccc2)nc1-c1ccc2c(c1)OCCO2)c1cc2ccccc2o1. The highest BCUT2D eigenvalue weighted by Gasteiger charge is 2.17. The zero-order valence-electron chi connectivity index (χ0n) is 18.2. The molecule has 6 nitrogen and oxygen atoms in total. The fourth-order valence-electron chi connectivity index (χ4n) is 3.99. The monoisotopic (exact) mass is 448 g/mol. The molecule has 2 aromatic heterocycles. The van der Waals surface area contributed by atoms with E-state index in [4.69, 9.17) is 19.0 Å². The van der Waals surface area contributed by atoms with Gasteiger partial charge in [0.1, 0.15) is 24.5 Å². The number of benzene rings is 3. The molecule has 6 rings (SSSR count). The first kappa shape index (κ1) is 20.1. The molecule has 1 aliphatic rings. The highest BCUT2D eigenvalue weighted by molar-refractivity contribution is 6.07. The normalized spacial score (nSPS) is 12.9. The molecule has 1 aliphatic heterocycles. The molecule has 0 fully saturated rings. The molecule has 6 heteroatoms. The van der Waals surface area contributed by atoms with Gasteiger partial charge in [0.15, 0.2) is 17.3 Å². The summed E-state index contributed by atoms with van der Waals surface area (Å²) in [6.45, 7) is 1.04. The van der Waals surface area contributed by atoms with E-state index in [1.165, 1.54) is 6.08 Å². The molecule has 0 radical (unpaired) electrons. The number of furan rings is 1. The van der Waals surface area contributed by atoms with Crippen molar-refractivity contribution in [3.63, 3.8) is 0 Å². The molecule has 34 heavy (non-hydrogen) atoms. The van der Waals surface area contributed by atoms with Crippen molar-refractivity contribution >= 4 is 22.8 Å². The molecule has 3 heterocycles. The van der Waals surface area contributed by atoms with Crippen molar-refractivity contribution in [3.8, 4) is 28.4 Å². The van der Waals surface area contributed by atoms with E-state index in [0.29, 0.717) is 30.3 Å². The van der Waals surface area contributed by atoms with Crippen molar-refractivity contribution in [3.05, 3.63) is 102 Å². The van der Waals surface area contributed by atoms with Gasteiger partial charge in [-0.2, -0.15) is 5.10 Å². The predicted molar refractivity (Wildman–Crippen MR) is 130 cm³/mol. The number of fused-ring (bicyclic) bond motifs is 2. The van der Waals surface area contributed by atoms with E-state index in [9.17, 15) is 4.79 Å². The molecule has 0 aliphatic carbocycles. The topological polar surface area (TPSA) is 66.5 Å². The average Bonchev–Trinajstić information content (AvgIpc) is 3.52. The van der Waals surface area contributed by atoms with Gasteiger partial charge in [-0.05, 0) is 54.6 Å². The second-order valence-electron chi connectivity index (χ2n) is 7.92. The van der Waals surface area contributed by atoms with Crippen molar-refractivity contribution in [2.75, 3.05) is 13.2 Å². The Hall–Kier alpha value is -4.58. The third-order valence-corrected chi connectivity index (χ3v) is 5.66. The Labute approximate surface area is 195 Å². The van der Waals surface area contributed by atoms with Crippen LogP contribution in [0.15, 0.2) is 95.6 Å². The number of ether oxygens (including phenoxy) is 2. The summed E-state index contributed by atoms with van der Waals surface area (Å²) in [5.41, 5.74) is 4.01. The summed E-state index contributed by atoms with van der Waals surface area (Å²) in [6.07, 6.45) is 5.20. The number of ketones is 1. The summed E-state index contributed by atoms with van der Waals surface area (Å²) < 4.78 is 18.9. The van der Waals surface area contributed by atoms with E-state index in [-0.39, 0.29) is 5.78 Å². The molecular weight excluding hydrogens is 428 g/mol. The minimum absolute atomic E-state index is 0.211. The fraction of sp³-hybridized carbons (Fsp3) is 0.0714. The second kappa shape index (κ2) is 8.41. The lowest BCUT2D eigenvalue weighted by molar-refractivity contribution is 0.102. The largest absolute Gasteiger partial charge is 0.486 e. The van der Waals surface area contributed by atoms with Gasteiger partial charge in [0, 0.05) is 22.7 Å². The number of carbonyl (C=O) groups is 1. The van der Waals surface area contributed by atoms with Crippen LogP contribution in [-0.4, -0.2) is 28.8 Å². The van der Waals surface area contributed by atoms with Gasteiger partial charge in [0.2, 0.25) is 5.78 Å². The lowest BCUT2D eigenvalue weighted by Crippen LogP contribution is -2.15. The summed E-state index contributed by atoms with van der Waals surface area (Å²) in [5, 5.41) is 5.72. The Morgan fingerprint density at radius 3 is 2.53 bits per heavy atom. The highest BCUT2D eigenvalue weighted by Crippen LogP contribution is 2.35. The van der Waals surface area contributed by atoms with E-state index in [1.807, 2.05) is 79.0 Å². The Morgan fingerprint density at radius 1 is 0.882 bits per heavy atom. The molecule has 166 valence electrons. The summed E-state index contributed by atoms with van der Waals surface area (Å²) in [6, 6.07) is 24.9. The van der Waals surface area contributed by atoms with Crippen LogP contribution < -0.4 is 9.47 Å². The van der Waals surface area contributed by atoms with E-state index in [2.05, 4.69) is 0 Å². The third kappa shape index (κ3) is 3.75. The molecule has 5 aromatic rings. The van der Waals surface area contributed by atoms with Crippen molar-refractivity contribution in [2.24, 2.45) is 0 Å². The number of rotatable bonds is 5. The van der Waals surface area contributed by atoms with Crippen molar-refractivity contribution in [1.82, 2.24) is 9.78 Å². The molecular formula is C28H20N2O4. The van der Waals surface area contributed by atoms with E-state index >= 15 is 0 Å². The van der Waals surface area contributed by atoms with Crippen LogP contribution in [0.5, 0.6) is 11.5 Å². The van der Waals surface area contributed by atoms with Gasteiger partial charge in [-0.25, -0.2) is 4.68 Å². The minimum atomic E-state index is -0.211. The summed E-state index contributed by atoms with van der Waals surface area (Å²) in [7, 11) is 0. The molecule has 0 saturated heterocycles. The number of hydrogen-bond donors (Lipinski definition) is 0. The first-order valence-electron chi connectivity index (χ1n) is 11.0. The van der Waals surface area contributed by atoms with Crippen LogP contribution in [0.2, 0.25) is 0 Å². The van der Waals surface area contributed by atoms with Gasteiger partial charge in [-0.1, -0.05) is 36.4 Å². The number of nitrogens with zero attached hydrogens (tertiary/aromatic N) is 2. The van der Waals surface area contributed by atoms with Crippen LogP contribution in [0.25, 0.3) is 34.0 Å². The standard InChI is InChI=1S/C28H20N2O4/c31-23(26-16-19-6-4-5-9-24(19)34-26)12-10-21-18-30(22-7-2-1-3-8-22)29-28(21)20-11-13-25-27(17-20)33-15-14-32-25/h1-13,16-18H,14-15H2. The van der Waals surface area contributed by atoms with Crippen LogP contribution in [-0.2, 0) is 0 Å². The number of aromatic nitrogens is 2. The molecule has 0 amide bonds. The predicted octanol–water partition coefficient (Wildman–Crippen LogP) is 5.95. The molecule has 0 bridgehead atoms. The maximum absolute atomic E-state index is 12.9. The molecule has 0 N–H and O–H groups in total. The zero-order chi connectivity index (χ0) is 22.9. The molecule has 0 unspecified atom stereocenters. The molecule has 3 aromatic carbocycles. The Morgan fingerprint density at radius 2 is 1.68 bits per heavy atom. The molecule has 0 atom stereocenters. The first-order chi connectivity index (χ1) is 16.7. The van der Waals surface area contributed by atoms with Crippen LogP contribution >= 0.6 is 0 Å². The average molecular weight is 448 g/mol. The van der Waals surface area contributed by atoms with Gasteiger partial charge < -0.3 is 13.9 Å². The molecule has 0 saturated carbocycles. The summed E-state index contributed by atoms with van der Waals surface area (Å²) in [5.74, 6) is 1.49. The summed E-state index contributed by atoms with van der Waals surface area (Å²) in [4.78, 5) is 12.9. The number of carbonyl (C=O) groups excluding carboxylic acids is 1. The Kier molecular flexibility index (Phi) is 4.96. The van der Waals surface area contributed by atoms with E-state index < -0.39 is 0 Å². The Bertz CT molecular complexity index is 1500. The first-order valence-corrected chi connectivity index (χ1v) is 11.0. The van der Waals surface area contributed by atoms with E-state index in [0.717, 1.165) is 33.6 Å². The third-order valence-electron chi connectivity index (χ3n) is 5.66. The zero-order valence-corrected chi connectivity index (χ0v) is 18.2. The maximum atomic E-state index is 12.9. The number of allylic oxidation sites excluding steroid dienone is 1. The smallest absolute Gasteiger partial charge is 0.221 e. The van der Waals surface area contributed by atoms with Crippen molar-refractivity contribution < 1.29 is 18.7 Å². The van der Waals surface area contributed by atoms with Gasteiger partial charge in [0.05, 0.1) is 5.69 Å². The van der Waals surface area contributed by atoms with Crippen molar-refractivity contribution in [1.29, 1.82) is 0 Å². The van der Waals surface area contributed by atoms with Gasteiger partial charge >= 0.3 is 0 Å². The lowest BCUT2D eigenvalue weighted by Gasteiger charge is -2.18. The van der Waals surface area contributed by atoms with Gasteiger partial charge in [-0.15, -0.1) is 0 Å². The van der Waals surface area contributed by atoms with E-state index in [1.54, 1.807) is 16.8 Å². The van der Waals surface area contributed by atoms with Crippen LogP contribution in [0, 0.1) is 0 Å². The van der Waals surface area contributed by atoms with Crippen LogP contribution in [0.4, 0.5) is 0 Å². The quantitative estimate of drug-likeness (QED) is 0.245. The number of hydrogen-bond acceptors (Lipinski definition) is 5. The second-order valence-corrected chi connectivity index (χ2v) is 7.92. The molecule has 0 spiro atoms.